The van der Waals surface area contributed by atoms with Gasteiger partial charge in [-0.25, -0.2) is 15.4 Å². The minimum atomic E-state index is -1.58. The number of rotatable bonds is 7. The number of hydrogen-bond donors (Lipinski definition) is 4. The summed E-state index contributed by atoms with van der Waals surface area (Å²) in [7, 11) is 2.96. The highest BCUT2D eigenvalue weighted by molar-refractivity contribution is 5.81. The number of aromatic amines is 1. The van der Waals surface area contributed by atoms with Gasteiger partial charge < -0.3 is 34.1 Å². The first-order valence-corrected chi connectivity index (χ1v) is 10.9. The van der Waals surface area contributed by atoms with Crippen molar-refractivity contribution in [3.05, 3.63) is 54.4 Å². The fraction of sp³-hybridized carbons (Fsp3) is 0.348. The van der Waals surface area contributed by atoms with Crippen molar-refractivity contribution in [2.45, 2.75) is 31.0 Å². The van der Waals surface area contributed by atoms with Gasteiger partial charge in [-0.2, -0.15) is 0 Å². The Morgan fingerprint density at radius 3 is 2.89 bits per heavy atom. The first-order chi connectivity index (χ1) is 16.9. The summed E-state index contributed by atoms with van der Waals surface area (Å²) in [6.07, 6.45) is 0.249. The third-order valence-electron chi connectivity index (χ3n) is 6.08. The van der Waals surface area contributed by atoms with Gasteiger partial charge in [0.1, 0.15) is 48.7 Å². The molecule has 1 saturated heterocycles. The van der Waals surface area contributed by atoms with Crippen molar-refractivity contribution in [2.75, 3.05) is 26.3 Å². The van der Waals surface area contributed by atoms with Crippen LogP contribution in [0.25, 0.3) is 21.9 Å². The molecule has 1 fully saturated rings. The second-order valence-corrected chi connectivity index (χ2v) is 8.34. The fourth-order valence-electron chi connectivity index (χ4n) is 4.17. The van der Waals surface area contributed by atoms with Gasteiger partial charge in [0.05, 0.1) is 24.3 Å². The van der Waals surface area contributed by atoms with Crippen molar-refractivity contribution >= 4 is 27.8 Å². The molecule has 1 aliphatic rings. The Hall–Kier alpha value is -3.71. The molecule has 1 aliphatic heterocycles. The topological polar surface area (TPSA) is 148 Å². The molecular weight excluding hydrogens is 456 g/mol. The van der Waals surface area contributed by atoms with Gasteiger partial charge in [-0.3, -0.25) is 4.84 Å². The lowest BCUT2D eigenvalue weighted by Crippen LogP contribution is -2.47. The van der Waals surface area contributed by atoms with Crippen molar-refractivity contribution < 1.29 is 29.4 Å². The Balaban J connectivity index is 1.37. The molecule has 5 rings (SSSR count). The molecule has 3 aromatic heterocycles. The minimum absolute atomic E-state index is 0.00669. The van der Waals surface area contributed by atoms with Crippen LogP contribution in [0.15, 0.2) is 54.1 Å². The van der Waals surface area contributed by atoms with Gasteiger partial charge >= 0.3 is 0 Å². The Kier molecular flexibility index (Phi) is 6.03. The largest absolute Gasteiger partial charge is 0.491 e. The lowest BCUT2D eigenvalue weighted by atomic mass is 9.95. The summed E-state index contributed by atoms with van der Waals surface area (Å²) in [5.41, 5.74) is 2.82. The highest BCUT2D eigenvalue weighted by Gasteiger charge is 2.53. The van der Waals surface area contributed by atoms with Crippen LogP contribution in [0, 0.1) is 0 Å². The van der Waals surface area contributed by atoms with Crippen LogP contribution in [-0.4, -0.2) is 68.4 Å². The van der Waals surface area contributed by atoms with E-state index in [0.29, 0.717) is 33.6 Å². The summed E-state index contributed by atoms with van der Waals surface area (Å²) in [4.78, 5) is 21.5. The third kappa shape index (κ3) is 4.17. The standard InChI is InChI=1S/C23H26N6O6/c1-23(31)17(11-34-14-6-4-13-5-7-18(27-32-2)26-16(13)10-14)35-22(19(23)30)29-9-8-15-20(28-33-3)24-12-25-21(15)29/h4-10,12,17,19,22,30-31H,11H2,1-3H3,(H,26,27)(H,24,25,28)/t17-,19+,22-,23-/m1/s1. The van der Waals surface area contributed by atoms with Gasteiger partial charge in [0.15, 0.2) is 11.7 Å². The van der Waals surface area contributed by atoms with E-state index in [1.54, 1.807) is 22.9 Å². The van der Waals surface area contributed by atoms with E-state index in [1.165, 1.54) is 27.5 Å². The number of fused-ring (bicyclic) bond motifs is 2. The van der Waals surface area contributed by atoms with Gasteiger partial charge in [0.25, 0.3) is 0 Å². The molecule has 0 amide bonds. The number of aliphatic hydroxyl groups is 2. The number of hydrogen-bond acceptors (Lipinski definition) is 10. The summed E-state index contributed by atoms with van der Waals surface area (Å²) in [6.45, 7) is 1.53. The van der Waals surface area contributed by atoms with E-state index < -0.39 is 24.0 Å². The molecule has 0 saturated carbocycles. The quantitative estimate of drug-likeness (QED) is 0.287. The molecule has 0 aliphatic carbocycles. The van der Waals surface area contributed by atoms with Crippen LogP contribution >= 0.6 is 0 Å². The van der Waals surface area contributed by atoms with Gasteiger partial charge in [0.2, 0.25) is 0 Å². The smallest absolute Gasteiger partial charge is 0.181 e. The van der Waals surface area contributed by atoms with Crippen LogP contribution in [0.5, 0.6) is 5.75 Å². The van der Waals surface area contributed by atoms with Crippen LogP contribution < -0.4 is 15.7 Å². The van der Waals surface area contributed by atoms with Crippen molar-refractivity contribution in [3.8, 4) is 5.75 Å². The fourth-order valence-corrected chi connectivity index (χ4v) is 4.17. The highest BCUT2D eigenvalue weighted by Crippen LogP contribution is 2.38. The molecule has 184 valence electrons. The second kappa shape index (κ2) is 9.15. The molecule has 0 spiro atoms. The Bertz CT molecular complexity index is 1420. The molecule has 12 nitrogen and oxygen atoms in total. The van der Waals surface area contributed by atoms with E-state index in [0.717, 1.165) is 5.39 Å². The zero-order chi connectivity index (χ0) is 24.6. The molecule has 4 aromatic rings. The summed E-state index contributed by atoms with van der Waals surface area (Å²) in [5.74, 6) is 1.11. The van der Waals surface area contributed by atoms with Crippen LogP contribution in [0.2, 0.25) is 0 Å². The number of benzene rings is 1. The minimum Gasteiger partial charge on any atom is -0.491 e. The zero-order valence-electron chi connectivity index (χ0n) is 19.4. The van der Waals surface area contributed by atoms with Crippen LogP contribution in [0.4, 0.5) is 5.82 Å². The van der Waals surface area contributed by atoms with Crippen molar-refractivity contribution in [1.29, 1.82) is 0 Å². The number of H-pyrrole nitrogens is 1. The van der Waals surface area contributed by atoms with Gasteiger partial charge in [0, 0.05) is 17.6 Å². The molecule has 35 heavy (non-hydrogen) atoms. The molecule has 1 aromatic carbocycles. The maximum absolute atomic E-state index is 11.1. The first-order valence-electron chi connectivity index (χ1n) is 10.9. The van der Waals surface area contributed by atoms with Crippen LogP contribution in [0.3, 0.4) is 0 Å². The van der Waals surface area contributed by atoms with E-state index in [-0.39, 0.29) is 6.61 Å². The van der Waals surface area contributed by atoms with E-state index in [1.807, 2.05) is 24.3 Å². The van der Waals surface area contributed by atoms with Gasteiger partial charge in [-0.1, -0.05) is 5.16 Å². The lowest BCUT2D eigenvalue weighted by Gasteiger charge is -2.26. The number of ether oxygens (including phenoxy) is 2. The average Bonchev–Trinajstić information content (AvgIpc) is 3.37. The number of nitrogens with zero attached hydrogens (tertiary/aromatic N) is 4. The number of anilines is 1. The molecule has 4 N–H and O–H groups in total. The van der Waals surface area contributed by atoms with E-state index in [9.17, 15) is 10.2 Å². The third-order valence-corrected chi connectivity index (χ3v) is 6.08. The van der Waals surface area contributed by atoms with Crippen molar-refractivity contribution in [3.63, 3.8) is 0 Å². The Morgan fingerprint density at radius 2 is 2.09 bits per heavy atom. The molecular formula is C23H26N6O6. The molecule has 0 bridgehead atoms. The number of nitrogens with one attached hydrogen (secondary N) is 2. The zero-order valence-corrected chi connectivity index (χ0v) is 19.4. The number of aliphatic hydroxyl groups excluding tert-OH is 1. The van der Waals surface area contributed by atoms with Gasteiger partial charge in [-0.05, 0) is 37.3 Å². The first kappa shape index (κ1) is 23.1. The summed E-state index contributed by atoms with van der Waals surface area (Å²) < 4.78 is 13.7. The second-order valence-electron chi connectivity index (χ2n) is 8.34. The Labute approximate surface area is 199 Å². The normalized spacial score (nSPS) is 24.8. The SMILES string of the molecule is CO/N=c1\[nH]cnc2c1ccn2[C@@H]1O[C@H](COc2ccc3ccc(NOC)nc3c2)[C@@](C)(O)[C@H]1O. The number of aromatic nitrogens is 4. The van der Waals surface area contributed by atoms with Crippen molar-refractivity contribution in [2.24, 2.45) is 5.16 Å². The van der Waals surface area contributed by atoms with Crippen LogP contribution in [0.1, 0.15) is 13.2 Å². The molecule has 0 radical (unpaired) electrons. The van der Waals surface area contributed by atoms with E-state index in [4.69, 9.17) is 19.1 Å². The monoisotopic (exact) mass is 482 g/mol. The predicted octanol–water partition coefficient (Wildman–Crippen LogP) is 1.44. The van der Waals surface area contributed by atoms with E-state index >= 15 is 0 Å². The molecule has 4 atom stereocenters. The molecule has 0 unspecified atom stereocenters. The maximum Gasteiger partial charge on any atom is 0.181 e. The summed E-state index contributed by atoms with van der Waals surface area (Å²) in [5, 5.41) is 27.6. The number of pyridine rings is 1. The van der Waals surface area contributed by atoms with Crippen LogP contribution in [-0.2, 0) is 14.4 Å². The van der Waals surface area contributed by atoms with Crippen molar-refractivity contribution in [1.82, 2.24) is 19.5 Å². The lowest BCUT2D eigenvalue weighted by molar-refractivity contribution is -0.0765. The summed E-state index contributed by atoms with van der Waals surface area (Å²) >= 11 is 0. The average molecular weight is 482 g/mol. The summed E-state index contributed by atoms with van der Waals surface area (Å²) in [6, 6.07) is 11.0. The van der Waals surface area contributed by atoms with E-state index in [2.05, 4.69) is 25.6 Å². The predicted molar refractivity (Wildman–Crippen MR) is 125 cm³/mol. The van der Waals surface area contributed by atoms with Gasteiger partial charge in [-0.15, -0.1) is 0 Å². The molecule has 12 heteroatoms. The highest BCUT2D eigenvalue weighted by atomic mass is 16.6. The Morgan fingerprint density at radius 1 is 1.26 bits per heavy atom. The maximum atomic E-state index is 11.1. The molecule has 4 heterocycles.